The standard InChI is InChI=1S/C25H26N4O4/c1-15-6-8-19(9-7-15)29-25-24(17(3)28-29)16(2)10-23(27-25)33-14-22(30)26-18-11-20(31-4)13-21(12-18)32-5/h6-13H,14H2,1-5H3,(H,26,30). The van der Waals surface area contributed by atoms with E-state index in [1.54, 1.807) is 37.1 Å². The van der Waals surface area contributed by atoms with Crippen molar-refractivity contribution in [3.05, 3.63) is 65.4 Å². The molecule has 0 radical (unpaired) electrons. The second-order valence-electron chi connectivity index (χ2n) is 7.75. The molecule has 2 aromatic heterocycles. The molecule has 0 unspecified atom stereocenters. The number of anilines is 1. The topological polar surface area (TPSA) is 87.5 Å². The van der Waals surface area contributed by atoms with E-state index in [2.05, 4.69) is 15.4 Å². The predicted molar refractivity (Wildman–Crippen MR) is 127 cm³/mol. The molecule has 0 saturated carbocycles. The third-order valence-electron chi connectivity index (χ3n) is 5.25. The zero-order valence-corrected chi connectivity index (χ0v) is 19.3. The van der Waals surface area contributed by atoms with Crippen molar-refractivity contribution in [2.75, 3.05) is 26.1 Å². The number of pyridine rings is 1. The first kappa shape index (κ1) is 22.1. The van der Waals surface area contributed by atoms with Gasteiger partial charge in [-0.05, 0) is 38.5 Å². The van der Waals surface area contributed by atoms with E-state index < -0.39 is 0 Å². The molecule has 170 valence electrons. The third-order valence-corrected chi connectivity index (χ3v) is 5.25. The lowest BCUT2D eigenvalue weighted by atomic mass is 10.1. The number of carbonyl (C=O) groups excluding carboxylic acids is 1. The minimum atomic E-state index is -0.326. The van der Waals surface area contributed by atoms with Crippen molar-refractivity contribution in [3.8, 4) is 23.1 Å². The molecule has 0 aliphatic rings. The highest BCUT2D eigenvalue weighted by molar-refractivity contribution is 5.92. The molecule has 33 heavy (non-hydrogen) atoms. The Morgan fingerprint density at radius 1 is 0.970 bits per heavy atom. The van der Waals surface area contributed by atoms with Crippen LogP contribution in [0.1, 0.15) is 16.8 Å². The van der Waals surface area contributed by atoms with Gasteiger partial charge in [0.05, 0.1) is 25.6 Å². The Hall–Kier alpha value is -4.07. The van der Waals surface area contributed by atoms with Crippen LogP contribution in [0, 0.1) is 20.8 Å². The molecule has 1 N–H and O–H groups in total. The third kappa shape index (κ3) is 4.74. The monoisotopic (exact) mass is 446 g/mol. The molecule has 0 bridgehead atoms. The average Bonchev–Trinajstić information content (AvgIpc) is 3.14. The van der Waals surface area contributed by atoms with Crippen LogP contribution < -0.4 is 19.5 Å². The largest absolute Gasteiger partial charge is 0.497 e. The van der Waals surface area contributed by atoms with E-state index in [1.807, 2.05) is 51.1 Å². The minimum Gasteiger partial charge on any atom is -0.497 e. The van der Waals surface area contributed by atoms with Crippen LogP contribution in [-0.4, -0.2) is 41.5 Å². The van der Waals surface area contributed by atoms with E-state index in [1.165, 1.54) is 5.56 Å². The van der Waals surface area contributed by atoms with Crippen LogP contribution in [-0.2, 0) is 4.79 Å². The summed E-state index contributed by atoms with van der Waals surface area (Å²) in [5.74, 6) is 1.18. The van der Waals surface area contributed by atoms with Crippen LogP contribution in [0.15, 0.2) is 48.5 Å². The Morgan fingerprint density at radius 2 is 1.64 bits per heavy atom. The van der Waals surface area contributed by atoms with Gasteiger partial charge in [-0.3, -0.25) is 4.79 Å². The first-order chi connectivity index (χ1) is 15.9. The fourth-order valence-electron chi connectivity index (χ4n) is 3.63. The highest BCUT2D eigenvalue weighted by Gasteiger charge is 2.16. The van der Waals surface area contributed by atoms with Crippen molar-refractivity contribution in [1.29, 1.82) is 0 Å². The van der Waals surface area contributed by atoms with Gasteiger partial charge in [-0.2, -0.15) is 10.1 Å². The first-order valence-electron chi connectivity index (χ1n) is 10.5. The number of rotatable bonds is 7. The van der Waals surface area contributed by atoms with Gasteiger partial charge in [-0.1, -0.05) is 17.7 Å². The Kier molecular flexibility index (Phi) is 6.17. The maximum atomic E-state index is 12.5. The Labute approximate surface area is 192 Å². The quantitative estimate of drug-likeness (QED) is 0.453. The van der Waals surface area contributed by atoms with Crippen molar-refractivity contribution >= 4 is 22.6 Å². The van der Waals surface area contributed by atoms with Crippen LogP contribution in [0.3, 0.4) is 0 Å². The van der Waals surface area contributed by atoms with Crippen molar-refractivity contribution < 1.29 is 19.0 Å². The number of aryl methyl sites for hydroxylation is 3. The second kappa shape index (κ2) is 9.20. The number of hydrogen-bond donors (Lipinski definition) is 1. The number of methoxy groups -OCH3 is 2. The van der Waals surface area contributed by atoms with E-state index in [4.69, 9.17) is 14.2 Å². The molecule has 4 rings (SSSR count). The number of ether oxygens (including phenoxy) is 3. The van der Waals surface area contributed by atoms with Crippen LogP contribution in [0.25, 0.3) is 16.7 Å². The molecule has 8 nitrogen and oxygen atoms in total. The Balaban J connectivity index is 1.55. The van der Waals surface area contributed by atoms with Crippen LogP contribution in [0.5, 0.6) is 17.4 Å². The second-order valence-corrected chi connectivity index (χ2v) is 7.75. The van der Waals surface area contributed by atoms with E-state index in [0.717, 1.165) is 22.3 Å². The van der Waals surface area contributed by atoms with E-state index in [-0.39, 0.29) is 12.5 Å². The average molecular weight is 447 g/mol. The molecule has 0 spiro atoms. The number of nitrogens with zero attached hydrogens (tertiary/aromatic N) is 3. The van der Waals surface area contributed by atoms with Crippen molar-refractivity contribution in [2.24, 2.45) is 0 Å². The van der Waals surface area contributed by atoms with Crippen molar-refractivity contribution in [2.45, 2.75) is 20.8 Å². The molecule has 2 heterocycles. The number of carbonyl (C=O) groups is 1. The van der Waals surface area contributed by atoms with Gasteiger partial charge in [0, 0.05) is 35.3 Å². The van der Waals surface area contributed by atoms with E-state index >= 15 is 0 Å². The summed E-state index contributed by atoms with van der Waals surface area (Å²) in [7, 11) is 3.10. The Bertz CT molecular complexity index is 1290. The van der Waals surface area contributed by atoms with Gasteiger partial charge in [-0.25, -0.2) is 4.68 Å². The van der Waals surface area contributed by atoms with Gasteiger partial charge < -0.3 is 19.5 Å². The summed E-state index contributed by atoms with van der Waals surface area (Å²) in [5.41, 5.74) is 5.17. The summed E-state index contributed by atoms with van der Waals surface area (Å²) in [4.78, 5) is 17.1. The molecule has 0 aliphatic heterocycles. The molecule has 0 aliphatic carbocycles. The number of aromatic nitrogens is 3. The smallest absolute Gasteiger partial charge is 0.262 e. The molecule has 4 aromatic rings. The van der Waals surface area contributed by atoms with Crippen molar-refractivity contribution in [1.82, 2.24) is 14.8 Å². The summed E-state index contributed by atoms with van der Waals surface area (Å²) in [5, 5.41) is 8.43. The Morgan fingerprint density at radius 3 is 2.27 bits per heavy atom. The highest BCUT2D eigenvalue weighted by Crippen LogP contribution is 2.28. The zero-order chi connectivity index (χ0) is 23.5. The summed E-state index contributed by atoms with van der Waals surface area (Å²) >= 11 is 0. The summed E-state index contributed by atoms with van der Waals surface area (Å²) in [6, 6.07) is 15.0. The zero-order valence-electron chi connectivity index (χ0n) is 19.3. The number of fused-ring (bicyclic) bond motifs is 1. The van der Waals surface area contributed by atoms with Gasteiger partial charge in [0.1, 0.15) is 11.5 Å². The maximum absolute atomic E-state index is 12.5. The fraction of sp³-hybridized carbons (Fsp3) is 0.240. The number of benzene rings is 2. The SMILES string of the molecule is COc1cc(NC(=O)COc2cc(C)c3c(C)nn(-c4ccc(C)cc4)c3n2)cc(OC)c1. The molecule has 2 aromatic carbocycles. The molecular formula is C25H26N4O4. The van der Waals surface area contributed by atoms with Crippen LogP contribution in [0.2, 0.25) is 0 Å². The maximum Gasteiger partial charge on any atom is 0.262 e. The van der Waals surface area contributed by atoms with Gasteiger partial charge in [-0.15, -0.1) is 0 Å². The van der Waals surface area contributed by atoms with Crippen LogP contribution in [0.4, 0.5) is 5.69 Å². The van der Waals surface area contributed by atoms with Gasteiger partial charge in [0.25, 0.3) is 5.91 Å². The summed E-state index contributed by atoms with van der Waals surface area (Å²) in [6.45, 7) is 5.78. The van der Waals surface area contributed by atoms with Gasteiger partial charge >= 0.3 is 0 Å². The minimum absolute atomic E-state index is 0.199. The molecule has 8 heteroatoms. The predicted octanol–water partition coefficient (Wildman–Crippen LogP) is 4.38. The normalized spacial score (nSPS) is 10.8. The fourth-order valence-corrected chi connectivity index (χ4v) is 3.63. The van der Waals surface area contributed by atoms with Crippen molar-refractivity contribution in [3.63, 3.8) is 0 Å². The van der Waals surface area contributed by atoms with Gasteiger partial charge in [0.2, 0.25) is 5.88 Å². The lowest BCUT2D eigenvalue weighted by Crippen LogP contribution is -2.20. The molecule has 1 amide bonds. The lowest BCUT2D eigenvalue weighted by molar-refractivity contribution is -0.118. The van der Waals surface area contributed by atoms with E-state index in [0.29, 0.717) is 28.7 Å². The molecule has 0 saturated heterocycles. The van der Waals surface area contributed by atoms with E-state index in [9.17, 15) is 4.79 Å². The lowest BCUT2D eigenvalue weighted by Gasteiger charge is -2.11. The molecule has 0 atom stereocenters. The number of hydrogen-bond acceptors (Lipinski definition) is 6. The van der Waals surface area contributed by atoms with Gasteiger partial charge in [0.15, 0.2) is 12.3 Å². The summed E-state index contributed by atoms with van der Waals surface area (Å²) < 4.78 is 18.0. The molecule has 0 fully saturated rings. The number of amides is 1. The highest BCUT2D eigenvalue weighted by atomic mass is 16.5. The number of nitrogens with one attached hydrogen (secondary N) is 1. The first-order valence-corrected chi connectivity index (χ1v) is 10.5. The summed E-state index contributed by atoms with van der Waals surface area (Å²) in [6.07, 6.45) is 0. The molecular weight excluding hydrogens is 420 g/mol. The van der Waals surface area contributed by atoms with Crippen LogP contribution >= 0.6 is 0 Å².